The number of halogens is 1. The van der Waals surface area contributed by atoms with E-state index < -0.39 is 16.1 Å². The number of sulfonamides is 1. The number of nitrogens with zero attached hydrogens (tertiary/aromatic N) is 2. The predicted molar refractivity (Wildman–Crippen MR) is 98.6 cm³/mol. The number of rotatable bonds is 4. The Hall–Kier alpha value is -2.11. The topological polar surface area (TPSA) is 102 Å². The highest BCUT2D eigenvalue weighted by Crippen LogP contribution is 2.30. The first-order valence-electron chi connectivity index (χ1n) is 6.89. The molecule has 25 heavy (non-hydrogen) atoms. The highest BCUT2D eigenvalue weighted by molar-refractivity contribution is 9.11. The molecule has 0 radical (unpaired) electrons. The number of anilines is 1. The highest BCUT2D eigenvalue weighted by atomic mass is 79.9. The predicted octanol–water partition coefficient (Wildman–Crippen LogP) is 2.92. The molecule has 2 heterocycles. The van der Waals surface area contributed by atoms with Crippen LogP contribution in [0, 0.1) is 0 Å². The van der Waals surface area contributed by atoms with Crippen molar-refractivity contribution >= 4 is 59.4 Å². The molecule has 0 fully saturated rings. The van der Waals surface area contributed by atoms with Gasteiger partial charge in [-0.15, -0.1) is 0 Å². The number of nitrogens with one attached hydrogen (secondary N) is 2. The van der Waals surface area contributed by atoms with Crippen molar-refractivity contribution in [3.05, 3.63) is 34.2 Å². The molecular weight excluding hydrogens is 432 g/mol. The van der Waals surface area contributed by atoms with Gasteiger partial charge in [0.25, 0.3) is 10.0 Å². The first-order valence-corrected chi connectivity index (χ1v) is 9.98. The molecule has 0 atom stereocenters. The molecule has 8 nitrogen and oxygen atoms in total. The summed E-state index contributed by atoms with van der Waals surface area (Å²) in [4.78, 5) is 15.9. The van der Waals surface area contributed by atoms with Crippen molar-refractivity contribution in [1.29, 1.82) is 0 Å². The summed E-state index contributed by atoms with van der Waals surface area (Å²) in [5, 5.41) is 3.29. The van der Waals surface area contributed by atoms with Gasteiger partial charge in [-0.25, -0.2) is 14.5 Å². The van der Waals surface area contributed by atoms with Crippen molar-refractivity contribution in [1.82, 2.24) is 14.3 Å². The number of benzene rings is 1. The molecule has 2 amide bonds. The van der Waals surface area contributed by atoms with E-state index >= 15 is 0 Å². The van der Waals surface area contributed by atoms with E-state index in [0.717, 1.165) is 0 Å². The van der Waals surface area contributed by atoms with Gasteiger partial charge in [0.05, 0.1) is 22.6 Å². The summed E-state index contributed by atoms with van der Waals surface area (Å²) >= 11 is 4.38. The van der Waals surface area contributed by atoms with Crippen LogP contribution in [0.3, 0.4) is 0 Å². The van der Waals surface area contributed by atoms with E-state index in [1.165, 1.54) is 35.3 Å². The minimum Gasteiger partial charge on any atom is -0.495 e. The van der Waals surface area contributed by atoms with Crippen molar-refractivity contribution in [3.8, 4) is 5.75 Å². The standard InChI is InChI=1S/C14H13BrN4O4S2/c1-19-11(6-8-4-3-5-9(23-2)12(8)19)25(21,22)18-13(20)17-14-16-7-10(15)24-14/h3-7H,1-2H3,(H2,16,17,18,20). The number of ether oxygens (including phenoxy) is 1. The Balaban J connectivity index is 1.91. The average molecular weight is 445 g/mol. The van der Waals surface area contributed by atoms with Crippen LogP contribution >= 0.6 is 27.3 Å². The lowest BCUT2D eigenvalue weighted by Gasteiger charge is -2.09. The quantitative estimate of drug-likeness (QED) is 0.643. The summed E-state index contributed by atoms with van der Waals surface area (Å²) in [6.07, 6.45) is 1.50. The van der Waals surface area contributed by atoms with Crippen LogP contribution in [0.25, 0.3) is 10.9 Å². The van der Waals surface area contributed by atoms with E-state index in [9.17, 15) is 13.2 Å². The van der Waals surface area contributed by atoms with Crippen molar-refractivity contribution in [2.75, 3.05) is 12.4 Å². The number of para-hydroxylation sites is 1. The van der Waals surface area contributed by atoms with Crippen LogP contribution in [0.2, 0.25) is 0 Å². The summed E-state index contributed by atoms with van der Waals surface area (Å²) < 4.78 is 34.6. The molecule has 0 bridgehead atoms. The van der Waals surface area contributed by atoms with Crippen LogP contribution in [0.4, 0.5) is 9.93 Å². The van der Waals surface area contributed by atoms with Gasteiger partial charge in [-0.2, -0.15) is 8.42 Å². The monoisotopic (exact) mass is 444 g/mol. The van der Waals surface area contributed by atoms with E-state index in [1.807, 2.05) is 4.72 Å². The van der Waals surface area contributed by atoms with Crippen LogP contribution in [-0.2, 0) is 17.1 Å². The molecule has 11 heteroatoms. The van der Waals surface area contributed by atoms with E-state index in [1.54, 1.807) is 25.2 Å². The Morgan fingerprint density at radius 1 is 1.40 bits per heavy atom. The second-order valence-corrected chi connectivity index (χ2v) is 9.01. The summed E-state index contributed by atoms with van der Waals surface area (Å²) in [6.45, 7) is 0. The third-order valence-electron chi connectivity index (χ3n) is 3.40. The largest absolute Gasteiger partial charge is 0.495 e. The first kappa shape index (κ1) is 17.7. The molecule has 0 saturated heterocycles. The van der Waals surface area contributed by atoms with Gasteiger partial charge in [0, 0.05) is 12.4 Å². The molecule has 2 N–H and O–H groups in total. The number of hydrogen-bond donors (Lipinski definition) is 2. The van der Waals surface area contributed by atoms with Crippen LogP contribution < -0.4 is 14.8 Å². The number of carbonyl (C=O) groups excluding carboxylic acids is 1. The van der Waals surface area contributed by atoms with Gasteiger partial charge in [-0.3, -0.25) is 5.32 Å². The molecule has 0 aliphatic rings. The molecule has 0 spiro atoms. The Morgan fingerprint density at radius 3 is 2.80 bits per heavy atom. The Kier molecular flexibility index (Phi) is 4.71. The molecule has 0 saturated carbocycles. The molecule has 132 valence electrons. The number of thiazole rings is 1. The van der Waals surface area contributed by atoms with Gasteiger partial charge in [0.1, 0.15) is 5.75 Å². The zero-order valence-electron chi connectivity index (χ0n) is 13.1. The van der Waals surface area contributed by atoms with Crippen LogP contribution in [0.1, 0.15) is 0 Å². The number of amides is 2. The lowest BCUT2D eigenvalue weighted by Crippen LogP contribution is -2.35. The Bertz CT molecular complexity index is 1060. The maximum Gasteiger partial charge on any atom is 0.334 e. The van der Waals surface area contributed by atoms with Crippen molar-refractivity contribution in [2.24, 2.45) is 7.05 Å². The first-order chi connectivity index (χ1) is 11.8. The fourth-order valence-corrected chi connectivity index (χ4v) is 4.62. The second kappa shape index (κ2) is 6.65. The smallest absolute Gasteiger partial charge is 0.334 e. The summed E-state index contributed by atoms with van der Waals surface area (Å²) in [5.41, 5.74) is 0.620. The van der Waals surface area contributed by atoms with Crippen LogP contribution in [0.5, 0.6) is 5.75 Å². The number of aryl methyl sites for hydroxylation is 1. The zero-order chi connectivity index (χ0) is 18.2. The van der Waals surface area contributed by atoms with Gasteiger partial charge < -0.3 is 9.30 Å². The van der Waals surface area contributed by atoms with Crippen LogP contribution in [-0.4, -0.2) is 31.1 Å². The van der Waals surface area contributed by atoms with Gasteiger partial charge in [-0.1, -0.05) is 23.5 Å². The molecule has 0 aliphatic heterocycles. The van der Waals surface area contributed by atoms with E-state index in [0.29, 0.717) is 20.4 Å². The van der Waals surface area contributed by atoms with Crippen LogP contribution in [0.15, 0.2) is 39.3 Å². The number of fused-ring (bicyclic) bond motifs is 1. The normalized spacial score (nSPS) is 11.5. The fourth-order valence-electron chi connectivity index (χ4n) is 2.39. The van der Waals surface area contributed by atoms with E-state index in [4.69, 9.17) is 4.74 Å². The molecule has 2 aromatic heterocycles. The molecule has 0 aliphatic carbocycles. The van der Waals surface area contributed by atoms with Crippen molar-refractivity contribution in [2.45, 2.75) is 5.03 Å². The Morgan fingerprint density at radius 2 is 2.16 bits per heavy atom. The molecular formula is C14H13BrN4O4S2. The van der Waals surface area contributed by atoms with E-state index in [-0.39, 0.29) is 10.2 Å². The maximum atomic E-state index is 12.6. The lowest BCUT2D eigenvalue weighted by molar-refractivity contribution is 0.256. The Labute approximate surface area is 156 Å². The summed E-state index contributed by atoms with van der Waals surface area (Å²) in [6, 6.07) is 5.85. The lowest BCUT2D eigenvalue weighted by atomic mass is 10.2. The number of aromatic nitrogens is 2. The van der Waals surface area contributed by atoms with Gasteiger partial charge in [0.2, 0.25) is 0 Å². The molecule has 3 aromatic rings. The second-order valence-electron chi connectivity index (χ2n) is 4.97. The molecule has 1 aromatic carbocycles. The number of hydrogen-bond acceptors (Lipinski definition) is 6. The summed E-state index contributed by atoms with van der Waals surface area (Å²) in [7, 11) is -0.980. The van der Waals surface area contributed by atoms with Gasteiger partial charge in [0.15, 0.2) is 10.2 Å². The zero-order valence-corrected chi connectivity index (χ0v) is 16.3. The van der Waals surface area contributed by atoms with E-state index in [2.05, 4.69) is 26.2 Å². The maximum absolute atomic E-state index is 12.6. The number of carbonyl (C=O) groups is 1. The number of urea groups is 1. The third kappa shape index (κ3) is 3.48. The summed E-state index contributed by atoms with van der Waals surface area (Å²) in [5.74, 6) is 0.540. The molecule has 3 rings (SSSR count). The van der Waals surface area contributed by atoms with Gasteiger partial charge in [-0.05, 0) is 28.1 Å². The molecule has 0 unspecified atom stereocenters. The highest BCUT2D eigenvalue weighted by Gasteiger charge is 2.24. The SMILES string of the molecule is COc1cccc2cc(S(=O)(=O)NC(=O)Nc3ncc(Br)s3)n(C)c12. The number of methoxy groups -OCH3 is 1. The third-order valence-corrected chi connectivity index (χ3v) is 6.18. The fraction of sp³-hybridized carbons (Fsp3) is 0.143. The van der Waals surface area contributed by atoms with Gasteiger partial charge >= 0.3 is 6.03 Å². The average Bonchev–Trinajstić information content (AvgIpc) is 3.10. The van der Waals surface area contributed by atoms with Crippen molar-refractivity contribution in [3.63, 3.8) is 0 Å². The van der Waals surface area contributed by atoms with Crippen molar-refractivity contribution < 1.29 is 17.9 Å². The minimum absolute atomic E-state index is 0.0533. The minimum atomic E-state index is -4.08.